The molecule has 0 radical (unpaired) electrons. The number of nitrogens with zero attached hydrogens (tertiary/aromatic N) is 1. The van der Waals surface area contributed by atoms with E-state index in [4.69, 9.17) is 0 Å². The summed E-state index contributed by atoms with van der Waals surface area (Å²) in [6.07, 6.45) is 3.93. The van der Waals surface area contributed by atoms with Gasteiger partial charge in [-0.05, 0) is 38.9 Å². The summed E-state index contributed by atoms with van der Waals surface area (Å²) in [5, 5.41) is 9.78. The van der Waals surface area contributed by atoms with Gasteiger partial charge in [0.1, 0.15) is 5.75 Å². The number of benzene rings is 1. The summed E-state index contributed by atoms with van der Waals surface area (Å²) >= 11 is 0. The van der Waals surface area contributed by atoms with Crippen LogP contribution < -0.4 is 0 Å². The number of piperidine rings is 1. The molecule has 1 aromatic rings. The standard InChI is InChI=1S/C13H19NO/c1-11(14-9-5-2-6-10-14)12-7-3-4-8-13(12)15/h3-4,7-8,11,15H,2,5-6,9-10H2,1H3. The Labute approximate surface area is 91.5 Å². The van der Waals surface area contributed by atoms with Gasteiger partial charge < -0.3 is 5.11 Å². The van der Waals surface area contributed by atoms with Crippen LogP contribution in [0.4, 0.5) is 0 Å². The highest BCUT2D eigenvalue weighted by atomic mass is 16.3. The molecular formula is C13H19NO. The summed E-state index contributed by atoms with van der Waals surface area (Å²) in [7, 11) is 0. The maximum Gasteiger partial charge on any atom is 0.120 e. The molecule has 1 atom stereocenters. The first-order valence-corrected chi connectivity index (χ1v) is 5.81. The van der Waals surface area contributed by atoms with Crippen molar-refractivity contribution in [3.8, 4) is 5.75 Å². The maximum atomic E-state index is 9.78. The SMILES string of the molecule is CC(c1ccccc1O)N1CCCCC1. The molecule has 15 heavy (non-hydrogen) atoms. The van der Waals surface area contributed by atoms with Crippen LogP contribution in [0.3, 0.4) is 0 Å². The Kier molecular flexibility index (Phi) is 3.27. The molecule has 2 nitrogen and oxygen atoms in total. The van der Waals surface area contributed by atoms with E-state index in [1.807, 2.05) is 18.2 Å². The largest absolute Gasteiger partial charge is 0.508 e. The van der Waals surface area contributed by atoms with Crippen molar-refractivity contribution in [2.45, 2.75) is 32.2 Å². The first kappa shape index (κ1) is 10.5. The molecule has 1 aliphatic heterocycles. The van der Waals surface area contributed by atoms with Crippen molar-refractivity contribution >= 4 is 0 Å². The zero-order valence-electron chi connectivity index (χ0n) is 9.32. The fourth-order valence-corrected chi connectivity index (χ4v) is 2.34. The zero-order chi connectivity index (χ0) is 10.7. The first-order chi connectivity index (χ1) is 7.29. The minimum atomic E-state index is 0.339. The van der Waals surface area contributed by atoms with Crippen molar-refractivity contribution in [1.82, 2.24) is 4.90 Å². The van der Waals surface area contributed by atoms with Crippen LogP contribution in [0.25, 0.3) is 0 Å². The number of phenols is 1. The number of rotatable bonds is 2. The lowest BCUT2D eigenvalue weighted by Crippen LogP contribution is -2.32. The van der Waals surface area contributed by atoms with Crippen LogP contribution in [0.15, 0.2) is 24.3 Å². The fraction of sp³-hybridized carbons (Fsp3) is 0.538. The second kappa shape index (κ2) is 4.67. The molecular weight excluding hydrogens is 186 g/mol. The Hall–Kier alpha value is -1.02. The Morgan fingerprint density at radius 1 is 1.13 bits per heavy atom. The van der Waals surface area contributed by atoms with Gasteiger partial charge in [0.05, 0.1) is 0 Å². The summed E-state index contributed by atoms with van der Waals surface area (Å²) in [5.41, 5.74) is 1.06. The number of hydrogen-bond acceptors (Lipinski definition) is 2. The third kappa shape index (κ3) is 2.32. The van der Waals surface area contributed by atoms with E-state index in [1.165, 1.54) is 19.3 Å². The number of phenolic OH excluding ortho intramolecular Hbond substituents is 1. The van der Waals surface area contributed by atoms with Crippen LogP contribution in [0.2, 0.25) is 0 Å². The van der Waals surface area contributed by atoms with E-state index >= 15 is 0 Å². The van der Waals surface area contributed by atoms with Gasteiger partial charge >= 0.3 is 0 Å². The van der Waals surface area contributed by atoms with Crippen LogP contribution in [-0.4, -0.2) is 23.1 Å². The number of likely N-dealkylation sites (tertiary alicyclic amines) is 1. The molecule has 0 aliphatic carbocycles. The second-order valence-electron chi connectivity index (χ2n) is 4.33. The molecule has 1 N–H and O–H groups in total. The predicted molar refractivity (Wildman–Crippen MR) is 61.9 cm³/mol. The predicted octanol–water partition coefficient (Wildman–Crippen LogP) is 2.94. The monoisotopic (exact) mass is 205 g/mol. The average molecular weight is 205 g/mol. The summed E-state index contributed by atoms with van der Waals surface area (Å²) < 4.78 is 0. The van der Waals surface area contributed by atoms with Crippen LogP contribution in [-0.2, 0) is 0 Å². The van der Waals surface area contributed by atoms with E-state index < -0.39 is 0 Å². The van der Waals surface area contributed by atoms with Gasteiger partial charge in [-0.3, -0.25) is 4.90 Å². The van der Waals surface area contributed by atoms with Crippen molar-refractivity contribution in [2.75, 3.05) is 13.1 Å². The zero-order valence-corrected chi connectivity index (χ0v) is 9.32. The van der Waals surface area contributed by atoms with Gasteiger partial charge in [-0.2, -0.15) is 0 Å². The third-order valence-corrected chi connectivity index (χ3v) is 3.33. The highest BCUT2D eigenvalue weighted by Gasteiger charge is 2.19. The maximum absolute atomic E-state index is 9.78. The van der Waals surface area contributed by atoms with Gasteiger partial charge in [0.15, 0.2) is 0 Å². The Balaban J connectivity index is 2.12. The number of aromatic hydroxyl groups is 1. The lowest BCUT2D eigenvalue weighted by Gasteiger charge is -2.32. The van der Waals surface area contributed by atoms with Crippen molar-refractivity contribution in [2.24, 2.45) is 0 Å². The van der Waals surface area contributed by atoms with Crippen LogP contribution >= 0.6 is 0 Å². The van der Waals surface area contributed by atoms with Crippen LogP contribution in [0.5, 0.6) is 5.75 Å². The highest BCUT2D eigenvalue weighted by Crippen LogP contribution is 2.29. The fourth-order valence-electron chi connectivity index (χ4n) is 2.34. The van der Waals surface area contributed by atoms with Crippen LogP contribution in [0.1, 0.15) is 37.8 Å². The molecule has 0 aromatic heterocycles. The molecule has 1 heterocycles. The summed E-state index contributed by atoms with van der Waals surface area (Å²) in [4.78, 5) is 2.46. The average Bonchev–Trinajstić information content (AvgIpc) is 2.30. The minimum Gasteiger partial charge on any atom is -0.508 e. The molecule has 1 unspecified atom stereocenters. The van der Waals surface area contributed by atoms with E-state index in [9.17, 15) is 5.11 Å². The van der Waals surface area contributed by atoms with Gasteiger partial charge in [0, 0.05) is 11.6 Å². The normalized spacial score (nSPS) is 20.1. The molecule has 0 spiro atoms. The molecule has 1 aliphatic rings. The van der Waals surface area contributed by atoms with E-state index in [2.05, 4.69) is 11.8 Å². The molecule has 1 saturated heterocycles. The van der Waals surface area contributed by atoms with Crippen molar-refractivity contribution in [3.05, 3.63) is 29.8 Å². The summed E-state index contributed by atoms with van der Waals surface area (Å²) in [5.74, 6) is 0.426. The highest BCUT2D eigenvalue weighted by molar-refractivity contribution is 5.34. The first-order valence-electron chi connectivity index (χ1n) is 5.81. The Morgan fingerprint density at radius 3 is 2.47 bits per heavy atom. The molecule has 2 heteroatoms. The molecule has 0 bridgehead atoms. The van der Waals surface area contributed by atoms with E-state index in [0.29, 0.717) is 11.8 Å². The molecule has 1 fully saturated rings. The molecule has 0 amide bonds. The van der Waals surface area contributed by atoms with Crippen molar-refractivity contribution < 1.29 is 5.11 Å². The lowest BCUT2D eigenvalue weighted by molar-refractivity contribution is 0.172. The van der Waals surface area contributed by atoms with Gasteiger partial charge in [-0.25, -0.2) is 0 Å². The van der Waals surface area contributed by atoms with Gasteiger partial charge in [0.2, 0.25) is 0 Å². The molecule has 1 aromatic carbocycles. The topological polar surface area (TPSA) is 23.5 Å². The summed E-state index contributed by atoms with van der Waals surface area (Å²) in [6, 6.07) is 8.01. The second-order valence-corrected chi connectivity index (χ2v) is 4.33. The minimum absolute atomic E-state index is 0.339. The van der Waals surface area contributed by atoms with E-state index in [1.54, 1.807) is 6.07 Å². The molecule has 82 valence electrons. The van der Waals surface area contributed by atoms with Gasteiger partial charge in [-0.15, -0.1) is 0 Å². The van der Waals surface area contributed by atoms with Crippen LogP contribution in [0, 0.1) is 0 Å². The quantitative estimate of drug-likeness (QED) is 0.802. The molecule has 2 rings (SSSR count). The van der Waals surface area contributed by atoms with Crippen molar-refractivity contribution in [3.63, 3.8) is 0 Å². The number of hydrogen-bond donors (Lipinski definition) is 1. The van der Waals surface area contributed by atoms with E-state index in [0.717, 1.165) is 18.7 Å². The smallest absolute Gasteiger partial charge is 0.120 e. The van der Waals surface area contributed by atoms with E-state index in [-0.39, 0.29) is 0 Å². The Morgan fingerprint density at radius 2 is 1.80 bits per heavy atom. The number of para-hydroxylation sites is 1. The summed E-state index contributed by atoms with van der Waals surface area (Å²) in [6.45, 7) is 4.51. The Bertz CT molecular complexity index is 318. The van der Waals surface area contributed by atoms with Gasteiger partial charge in [-0.1, -0.05) is 24.6 Å². The molecule has 0 saturated carbocycles. The van der Waals surface area contributed by atoms with Crippen molar-refractivity contribution in [1.29, 1.82) is 0 Å². The third-order valence-electron chi connectivity index (χ3n) is 3.33. The van der Waals surface area contributed by atoms with Gasteiger partial charge in [0.25, 0.3) is 0 Å². The lowest BCUT2D eigenvalue weighted by atomic mass is 10.0.